The Morgan fingerprint density at radius 1 is 1.05 bits per heavy atom. The zero-order valence-electron chi connectivity index (χ0n) is 11.9. The summed E-state index contributed by atoms with van der Waals surface area (Å²) < 4.78 is 0. The van der Waals surface area contributed by atoms with Crippen LogP contribution in [0.1, 0.15) is 6.42 Å². The maximum Gasteiger partial charge on any atom is 0.244 e. The van der Waals surface area contributed by atoms with Gasteiger partial charge in [0.1, 0.15) is 6.54 Å². The van der Waals surface area contributed by atoms with E-state index in [1.807, 2.05) is 30.4 Å². The van der Waals surface area contributed by atoms with Gasteiger partial charge in [-0.25, -0.2) is 0 Å². The fraction of sp³-hybridized carbons (Fsp3) is 0.353. The second-order valence-corrected chi connectivity index (χ2v) is 6.18. The Bertz CT molecular complexity index is 652. The van der Waals surface area contributed by atoms with Crippen LogP contribution in [0.3, 0.4) is 0 Å². The first-order valence-electron chi connectivity index (χ1n) is 7.53. The molecule has 2 fully saturated rings. The quantitative estimate of drug-likeness (QED) is 0.678. The van der Waals surface area contributed by atoms with Crippen LogP contribution in [0.15, 0.2) is 42.5 Å². The van der Waals surface area contributed by atoms with Gasteiger partial charge in [0.05, 0.1) is 11.8 Å². The topological polar surface area (TPSA) is 66.5 Å². The molecular formula is C17H16N2O3. The largest absolute Gasteiger partial charge is 0.325 e. The summed E-state index contributed by atoms with van der Waals surface area (Å²) in [6, 6.07) is 9.02. The lowest BCUT2D eigenvalue weighted by atomic mass is 9.85. The lowest BCUT2D eigenvalue weighted by Gasteiger charge is -2.16. The van der Waals surface area contributed by atoms with Gasteiger partial charge in [-0.05, 0) is 30.4 Å². The fourth-order valence-corrected chi connectivity index (χ4v) is 3.99. The zero-order valence-corrected chi connectivity index (χ0v) is 11.9. The van der Waals surface area contributed by atoms with Gasteiger partial charge in [0.25, 0.3) is 0 Å². The molecule has 4 atom stereocenters. The van der Waals surface area contributed by atoms with E-state index in [1.165, 1.54) is 0 Å². The monoisotopic (exact) mass is 296 g/mol. The number of imide groups is 1. The molecule has 3 aliphatic rings. The number of rotatable bonds is 3. The van der Waals surface area contributed by atoms with Crippen LogP contribution in [0.4, 0.5) is 5.69 Å². The number of nitrogens with zero attached hydrogens (tertiary/aromatic N) is 1. The molecule has 112 valence electrons. The lowest BCUT2D eigenvalue weighted by Crippen LogP contribution is -2.39. The second-order valence-electron chi connectivity index (χ2n) is 6.18. The van der Waals surface area contributed by atoms with E-state index in [-0.39, 0.29) is 47.9 Å². The van der Waals surface area contributed by atoms with Crippen LogP contribution in [0.5, 0.6) is 0 Å². The zero-order chi connectivity index (χ0) is 15.3. The van der Waals surface area contributed by atoms with Crippen LogP contribution in [0.25, 0.3) is 0 Å². The minimum atomic E-state index is -0.340. The van der Waals surface area contributed by atoms with Crippen LogP contribution >= 0.6 is 0 Å². The number of para-hydroxylation sites is 1. The Balaban J connectivity index is 1.47. The first-order chi connectivity index (χ1) is 10.6. The third-order valence-electron chi connectivity index (χ3n) is 4.92. The Labute approximate surface area is 128 Å². The number of likely N-dealkylation sites (tertiary alicyclic amines) is 1. The number of carbonyl (C=O) groups is 3. The molecule has 5 nitrogen and oxygen atoms in total. The van der Waals surface area contributed by atoms with Gasteiger partial charge in [0, 0.05) is 5.69 Å². The molecule has 5 heteroatoms. The average molecular weight is 296 g/mol. The molecule has 1 aromatic rings. The van der Waals surface area contributed by atoms with Crippen molar-refractivity contribution in [1.29, 1.82) is 0 Å². The molecule has 0 radical (unpaired) electrons. The van der Waals surface area contributed by atoms with Crippen molar-refractivity contribution in [2.45, 2.75) is 6.42 Å². The number of carbonyl (C=O) groups excluding carboxylic acids is 3. The highest BCUT2D eigenvalue weighted by molar-refractivity contribution is 6.09. The average Bonchev–Trinajstić information content (AvgIpc) is 3.18. The molecule has 2 aliphatic carbocycles. The molecule has 1 saturated heterocycles. The highest BCUT2D eigenvalue weighted by Crippen LogP contribution is 2.52. The van der Waals surface area contributed by atoms with Gasteiger partial charge in [0.2, 0.25) is 17.7 Å². The van der Waals surface area contributed by atoms with Gasteiger partial charge in [-0.3, -0.25) is 19.3 Å². The van der Waals surface area contributed by atoms with Crippen LogP contribution < -0.4 is 5.32 Å². The maximum atomic E-state index is 12.5. The molecule has 3 amide bonds. The Morgan fingerprint density at radius 2 is 1.64 bits per heavy atom. The van der Waals surface area contributed by atoms with Gasteiger partial charge >= 0.3 is 0 Å². The summed E-state index contributed by atoms with van der Waals surface area (Å²) in [5, 5.41) is 2.71. The molecule has 0 spiro atoms. The van der Waals surface area contributed by atoms with Crippen LogP contribution in [0, 0.1) is 23.7 Å². The standard InChI is InChI=1S/C17H16N2O3/c20-13(18-12-4-2-1-3-5-12)9-19-16(21)14-10-6-7-11(8-10)15(14)17(19)22/h1-7,10-11,14-15H,8-9H2,(H,18,20)/t10-,11+,14-,15-/m0/s1. The van der Waals surface area contributed by atoms with E-state index >= 15 is 0 Å². The van der Waals surface area contributed by atoms with Gasteiger partial charge in [0.15, 0.2) is 0 Å². The van der Waals surface area contributed by atoms with Gasteiger partial charge < -0.3 is 5.32 Å². The predicted molar refractivity (Wildman–Crippen MR) is 79.5 cm³/mol. The molecule has 22 heavy (non-hydrogen) atoms. The molecule has 4 rings (SSSR count). The van der Waals surface area contributed by atoms with E-state index < -0.39 is 0 Å². The number of benzene rings is 1. The van der Waals surface area contributed by atoms with Crippen molar-refractivity contribution in [2.24, 2.45) is 23.7 Å². The third kappa shape index (κ3) is 1.89. The SMILES string of the molecule is O=C(CN1C(=O)[C@@H]2[C@@H](C1=O)[C@H]1C=C[C@@H]2C1)Nc1ccccc1. The van der Waals surface area contributed by atoms with Gasteiger partial charge in [-0.15, -0.1) is 0 Å². The summed E-state index contributed by atoms with van der Waals surface area (Å²) in [5.41, 5.74) is 0.661. The number of hydrogen-bond donors (Lipinski definition) is 1. The van der Waals surface area contributed by atoms with Crippen molar-refractivity contribution >= 4 is 23.4 Å². The number of fused-ring (bicyclic) bond motifs is 5. The van der Waals surface area contributed by atoms with E-state index in [1.54, 1.807) is 12.1 Å². The van der Waals surface area contributed by atoms with Crippen molar-refractivity contribution in [3.05, 3.63) is 42.5 Å². The molecule has 0 aromatic heterocycles. The number of anilines is 1. The maximum absolute atomic E-state index is 12.5. The smallest absolute Gasteiger partial charge is 0.244 e. The summed E-state index contributed by atoms with van der Waals surface area (Å²) in [7, 11) is 0. The van der Waals surface area contributed by atoms with Gasteiger partial charge in [-0.1, -0.05) is 30.4 Å². The van der Waals surface area contributed by atoms with E-state index in [0.717, 1.165) is 11.3 Å². The highest BCUT2D eigenvalue weighted by Gasteiger charge is 2.59. The third-order valence-corrected chi connectivity index (χ3v) is 4.92. The molecule has 2 bridgehead atoms. The Morgan fingerprint density at radius 3 is 2.23 bits per heavy atom. The van der Waals surface area contributed by atoms with Crippen molar-refractivity contribution in [2.75, 3.05) is 11.9 Å². The Kier molecular flexibility index (Phi) is 2.89. The van der Waals surface area contributed by atoms with Crippen LogP contribution in [-0.4, -0.2) is 29.2 Å². The van der Waals surface area contributed by atoms with Crippen molar-refractivity contribution in [3.63, 3.8) is 0 Å². The number of allylic oxidation sites excluding steroid dienone is 2. The van der Waals surface area contributed by atoms with Crippen molar-refractivity contribution < 1.29 is 14.4 Å². The van der Waals surface area contributed by atoms with Gasteiger partial charge in [-0.2, -0.15) is 0 Å². The molecule has 1 heterocycles. The molecule has 1 saturated carbocycles. The first kappa shape index (κ1) is 13.2. The summed E-state index contributed by atoms with van der Waals surface area (Å²) in [4.78, 5) is 38.2. The predicted octanol–water partition coefficient (Wildman–Crippen LogP) is 1.43. The minimum Gasteiger partial charge on any atom is -0.325 e. The molecule has 1 N–H and O–H groups in total. The summed E-state index contributed by atoms with van der Waals surface area (Å²) in [5.74, 6) is -0.848. The lowest BCUT2D eigenvalue weighted by molar-refractivity contribution is -0.143. The van der Waals surface area contributed by atoms with E-state index in [4.69, 9.17) is 0 Å². The Hall–Kier alpha value is -2.43. The van der Waals surface area contributed by atoms with E-state index in [2.05, 4.69) is 5.32 Å². The molecule has 1 aliphatic heterocycles. The highest BCUT2D eigenvalue weighted by atomic mass is 16.2. The van der Waals surface area contributed by atoms with Crippen molar-refractivity contribution in [3.8, 4) is 0 Å². The number of hydrogen-bond acceptors (Lipinski definition) is 3. The van der Waals surface area contributed by atoms with E-state index in [9.17, 15) is 14.4 Å². The summed E-state index contributed by atoms with van der Waals surface area (Å²) in [6.07, 6.45) is 4.99. The molecule has 0 unspecified atom stereocenters. The normalized spacial score (nSPS) is 31.7. The second kappa shape index (κ2) is 4.80. The fourth-order valence-electron chi connectivity index (χ4n) is 3.99. The molecular weight excluding hydrogens is 280 g/mol. The summed E-state index contributed by atoms with van der Waals surface area (Å²) >= 11 is 0. The summed E-state index contributed by atoms with van der Waals surface area (Å²) in [6.45, 7) is -0.195. The van der Waals surface area contributed by atoms with Crippen LogP contribution in [0.2, 0.25) is 0 Å². The van der Waals surface area contributed by atoms with Crippen LogP contribution in [-0.2, 0) is 14.4 Å². The molecule has 1 aromatic carbocycles. The first-order valence-corrected chi connectivity index (χ1v) is 7.53. The number of nitrogens with one attached hydrogen (secondary N) is 1. The minimum absolute atomic E-state index is 0.175. The van der Waals surface area contributed by atoms with E-state index in [0.29, 0.717) is 5.69 Å². The number of amides is 3. The van der Waals surface area contributed by atoms with Crippen molar-refractivity contribution in [1.82, 2.24) is 4.90 Å².